The van der Waals surface area contributed by atoms with Crippen molar-refractivity contribution in [2.45, 2.75) is 24.8 Å². The molecule has 1 N–H and O–H groups in total. The monoisotopic (exact) mass is 363 g/mol. The Morgan fingerprint density at radius 3 is 2.75 bits per heavy atom. The van der Waals surface area contributed by atoms with Crippen LogP contribution in [0.1, 0.15) is 18.9 Å². The van der Waals surface area contributed by atoms with Crippen LogP contribution in [-0.2, 0) is 16.6 Å². The van der Waals surface area contributed by atoms with E-state index in [-0.39, 0.29) is 12.1 Å². The second kappa shape index (κ2) is 5.93. The highest BCUT2D eigenvalue weighted by Gasteiger charge is 2.30. The van der Waals surface area contributed by atoms with E-state index in [4.69, 9.17) is 5.11 Å². The maximum Gasteiger partial charge on any atom is 0.246 e. The van der Waals surface area contributed by atoms with Gasteiger partial charge in [0.05, 0.1) is 6.61 Å². The molecule has 1 aliphatic heterocycles. The zero-order valence-electron chi connectivity index (χ0n) is 10.9. The van der Waals surface area contributed by atoms with Crippen molar-refractivity contribution in [2.24, 2.45) is 0 Å². The van der Waals surface area contributed by atoms with Crippen molar-refractivity contribution in [3.8, 4) is 0 Å². The molecule has 0 aliphatic carbocycles. The molecule has 4 nitrogen and oxygen atoms in total. The number of nitrogens with zero attached hydrogens (tertiary/aromatic N) is 1. The minimum absolute atomic E-state index is 0.0396. The molecule has 0 spiro atoms. The molecule has 20 heavy (non-hydrogen) atoms. The van der Waals surface area contributed by atoms with Crippen LogP contribution in [0.2, 0.25) is 0 Å². The normalized spacial score (nSPS) is 17.1. The standard InChI is InChI=1S/C13H15BrFNO3S/c1-9-3-2-4-16(7-9)20(18,19)12-6-11(14)5-10(8-17)13(12)15/h3,5-6,17H,2,4,7-8H2,1H3. The second-order valence-electron chi connectivity index (χ2n) is 4.71. The molecule has 7 heteroatoms. The zero-order valence-corrected chi connectivity index (χ0v) is 13.3. The van der Waals surface area contributed by atoms with Gasteiger partial charge in [0.2, 0.25) is 10.0 Å². The lowest BCUT2D eigenvalue weighted by Crippen LogP contribution is -2.36. The van der Waals surface area contributed by atoms with E-state index in [1.807, 2.05) is 13.0 Å². The molecule has 0 saturated carbocycles. The summed E-state index contributed by atoms with van der Waals surface area (Å²) in [5, 5.41) is 9.11. The first-order chi connectivity index (χ1) is 9.36. The van der Waals surface area contributed by atoms with Gasteiger partial charge in [0.15, 0.2) is 0 Å². The van der Waals surface area contributed by atoms with Crippen molar-refractivity contribution >= 4 is 26.0 Å². The van der Waals surface area contributed by atoms with E-state index >= 15 is 0 Å². The van der Waals surface area contributed by atoms with Crippen LogP contribution < -0.4 is 0 Å². The van der Waals surface area contributed by atoms with Gasteiger partial charge in [0.25, 0.3) is 0 Å². The average Bonchev–Trinajstić information content (AvgIpc) is 2.40. The molecule has 2 rings (SSSR count). The van der Waals surface area contributed by atoms with Crippen LogP contribution in [0.4, 0.5) is 4.39 Å². The van der Waals surface area contributed by atoms with E-state index in [9.17, 15) is 12.8 Å². The number of aliphatic hydroxyl groups is 1. The lowest BCUT2D eigenvalue weighted by atomic mass is 10.2. The lowest BCUT2D eigenvalue weighted by molar-refractivity contribution is 0.274. The molecule has 1 aromatic rings. The third-order valence-electron chi connectivity index (χ3n) is 3.16. The fraction of sp³-hybridized carbons (Fsp3) is 0.385. The summed E-state index contributed by atoms with van der Waals surface area (Å²) in [7, 11) is -3.90. The van der Waals surface area contributed by atoms with Crippen LogP contribution in [0.25, 0.3) is 0 Å². The highest BCUT2D eigenvalue weighted by molar-refractivity contribution is 9.10. The molecule has 0 bridgehead atoms. The number of halogens is 2. The van der Waals surface area contributed by atoms with E-state index in [2.05, 4.69) is 15.9 Å². The van der Waals surface area contributed by atoms with Crippen LogP contribution in [0.15, 0.2) is 33.2 Å². The Kier molecular flexibility index (Phi) is 4.63. The number of benzene rings is 1. The van der Waals surface area contributed by atoms with E-state index in [0.29, 0.717) is 17.4 Å². The van der Waals surface area contributed by atoms with Gasteiger partial charge in [-0.25, -0.2) is 12.8 Å². The Balaban J connectivity index is 2.50. The Morgan fingerprint density at radius 1 is 1.45 bits per heavy atom. The van der Waals surface area contributed by atoms with Gasteiger partial charge < -0.3 is 5.11 Å². The maximum absolute atomic E-state index is 14.2. The lowest BCUT2D eigenvalue weighted by Gasteiger charge is -2.26. The average molecular weight is 364 g/mol. The Morgan fingerprint density at radius 2 is 2.15 bits per heavy atom. The first-order valence-electron chi connectivity index (χ1n) is 6.11. The van der Waals surface area contributed by atoms with Crippen molar-refractivity contribution in [3.63, 3.8) is 0 Å². The Labute approximate surface area is 126 Å². The van der Waals surface area contributed by atoms with E-state index in [0.717, 1.165) is 5.57 Å². The van der Waals surface area contributed by atoms with Gasteiger partial charge >= 0.3 is 0 Å². The summed E-state index contributed by atoms with van der Waals surface area (Å²) in [5.41, 5.74) is 0.903. The number of sulfonamides is 1. The predicted molar refractivity (Wildman–Crippen MR) is 77.2 cm³/mol. The van der Waals surface area contributed by atoms with E-state index in [1.165, 1.54) is 16.4 Å². The summed E-state index contributed by atoms with van der Waals surface area (Å²) in [6.07, 6.45) is 2.59. The van der Waals surface area contributed by atoms with Crippen LogP contribution >= 0.6 is 15.9 Å². The SMILES string of the molecule is CC1=CCCN(S(=O)(=O)c2cc(Br)cc(CO)c2F)C1. The largest absolute Gasteiger partial charge is 0.392 e. The van der Waals surface area contributed by atoms with Crippen molar-refractivity contribution in [1.29, 1.82) is 0 Å². The summed E-state index contributed by atoms with van der Waals surface area (Å²) in [6.45, 7) is 1.90. The summed E-state index contributed by atoms with van der Waals surface area (Å²) < 4.78 is 40.9. The molecule has 0 fully saturated rings. The topological polar surface area (TPSA) is 57.6 Å². The first kappa shape index (κ1) is 15.6. The maximum atomic E-state index is 14.2. The highest BCUT2D eigenvalue weighted by atomic mass is 79.9. The van der Waals surface area contributed by atoms with Crippen molar-refractivity contribution in [3.05, 3.63) is 39.6 Å². The first-order valence-corrected chi connectivity index (χ1v) is 8.34. The van der Waals surface area contributed by atoms with Crippen molar-refractivity contribution in [2.75, 3.05) is 13.1 Å². The van der Waals surface area contributed by atoms with Crippen LogP contribution in [0, 0.1) is 5.82 Å². The van der Waals surface area contributed by atoms with Crippen molar-refractivity contribution < 1.29 is 17.9 Å². The fourth-order valence-electron chi connectivity index (χ4n) is 2.14. The summed E-state index contributed by atoms with van der Waals surface area (Å²) in [5.74, 6) is -0.886. The minimum Gasteiger partial charge on any atom is -0.392 e. The number of hydrogen-bond donors (Lipinski definition) is 1. The quantitative estimate of drug-likeness (QED) is 0.839. The van der Waals surface area contributed by atoms with E-state index < -0.39 is 27.3 Å². The summed E-state index contributed by atoms with van der Waals surface area (Å²) in [6, 6.07) is 2.60. The summed E-state index contributed by atoms with van der Waals surface area (Å²) in [4.78, 5) is -0.398. The van der Waals surface area contributed by atoms with Crippen LogP contribution in [0.3, 0.4) is 0 Å². The van der Waals surface area contributed by atoms with Crippen LogP contribution in [-0.4, -0.2) is 30.9 Å². The van der Waals surface area contributed by atoms with Crippen LogP contribution in [0.5, 0.6) is 0 Å². The number of aliphatic hydroxyl groups excluding tert-OH is 1. The number of hydrogen-bond acceptors (Lipinski definition) is 3. The van der Waals surface area contributed by atoms with Gasteiger partial charge in [-0.15, -0.1) is 0 Å². The molecule has 0 atom stereocenters. The molecule has 0 aromatic heterocycles. The molecule has 0 radical (unpaired) electrons. The fourth-order valence-corrected chi connectivity index (χ4v) is 4.43. The zero-order chi connectivity index (χ0) is 14.9. The number of rotatable bonds is 3. The minimum atomic E-state index is -3.90. The smallest absolute Gasteiger partial charge is 0.246 e. The van der Waals surface area contributed by atoms with Gasteiger partial charge in [-0.2, -0.15) is 4.31 Å². The van der Waals surface area contributed by atoms with Gasteiger partial charge in [0, 0.05) is 23.1 Å². The molecule has 1 aliphatic rings. The van der Waals surface area contributed by atoms with Gasteiger partial charge in [-0.05, 0) is 25.5 Å². The summed E-state index contributed by atoms with van der Waals surface area (Å²) >= 11 is 3.14. The molecule has 1 aromatic carbocycles. The predicted octanol–water partition coefficient (Wildman–Crippen LogP) is 2.42. The molecule has 0 saturated heterocycles. The molecular weight excluding hydrogens is 349 g/mol. The molecule has 110 valence electrons. The van der Waals surface area contributed by atoms with Gasteiger partial charge in [-0.1, -0.05) is 27.6 Å². The third-order valence-corrected chi connectivity index (χ3v) is 5.47. The van der Waals surface area contributed by atoms with Gasteiger partial charge in [-0.3, -0.25) is 0 Å². The molecule has 0 amide bonds. The van der Waals surface area contributed by atoms with Gasteiger partial charge in [0.1, 0.15) is 10.7 Å². The Bertz CT molecular complexity index is 658. The highest BCUT2D eigenvalue weighted by Crippen LogP contribution is 2.28. The molecule has 1 heterocycles. The van der Waals surface area contributed by atoms with E-state index in [1.54, 1.807) is 0 Å². The Hall–Kier alpha value is -0.760. The molecule has 0 unspecified atom stereocenters. The second-order valence-corrected chi connectivity index (χ2v) is 7.53. The molecular formula is C13H15BrFNO3S. The van der Waals surface area contributed by atoms with Crippen molar-refractivity contribution in [1.82, 2.24) is 4.31 Å². The third kappa shape index (κ3) is 2.95.